The topological polar surface area (TPSA) is 38.3 Å². The maximum atomic E-state index is 11.9. The van der Waals surface area contributed by atoms with E-state index < -0.39 is 0 Å². The maximum Gasteiger partial charge on any atom is 0.265 e. The van der Waals surface area contributed by atoms with Gasteiger partial charge in [0.25, 0.3) is 5.91 Å². The molecule has 0 saturated heterocycles. The summed E-state index contributed by atoms with van der Waals surface area (Å²) in [4.78, 5) is 13.3. The quantitative estimate of drug-likeness (QED) is 0.838. The number of carbonyl (C=O) groups excluding carboxylic acids is 1. The molecule has 2 aromatic rings. The number of thiophene rings is 1. The summed E-state index contributed by atoms with van der Waals surface area (Å²) in [5.41, 5.74) is 0.748. The smallest absolute Gasteiger partial charge is 0.265 e. The summed E-state index contributed by atoms with van der Waals surface area (Å²) in [6, 6.07) is 9.04. The molecule has 3 nitrogen and oxygen atoms in total. The molecule has 2 rings (SSSR count). The Morgan fingerprint density at radius 1 is 1.39 bits per heavy atom. The molecule has 18 heavy (non-hydrogen) atoms. The van der Waals surface area contributed by atoms with E-state index in [9.17, 15) is 4.79 Å². The average Bonchev–Trinajstić information content (AvgIpc) is 2.79. The van der Waals surface area contributed by atoms with Crippen LogP contribution in [0.25, 0.3) is 0 Å². The zero-order valence-electron chi connectivity index (χ0n) is 9.84. The molecular weight excluding hydrogens is 266 g/mol. The van der Waals surface area contributed by atoms with Crippen LogP contribution in [0.3, 0.4) is 0 Å². The fourth-order valence-corrected chi connectivity index (χ4v) is 2.48. The van der Waals surface area contributed by atoms with Gasteiger partial charge in [-0.1, -0.05) is 0 Å². The zero-order chi connectivity index (χ0) is 13.0. The molecule has 0 saturated carbocycles. The average molecular weight is 279 g/mol. The van der Waals surface area contributed by atoms with Crippen LogP contribution in [-0.2, 0) is 0 Å². The SMILES string of the molecule is CCOc1ccc(NC(=O)c2cc(S)cs2)cc1. The predicted molar refractivity (Wildman–Crippen MR) is 77.1 cm³/mol. The lowest BCUT2D eigenvalue weighted by Crippen LogP contribution is -2.09. The van der Waals surface area contributed by atoms with Gasteiger partial charge >= 0.3 is 0 Å². The van der Waals surface area contributed by atoms with Crippen LogP contribution in [-0.4, -0.2) is 12.5 Å². The fraction of sp³-hybridized carbons (Fsp3) is 0.154. The number of rotatable bonds is 4. The molecule has 0 radical (unpaired) electrons. The van der Waals surface area contributed by atoms with Crippen molar-refractivity contribution in [1.29, 1.82) is 0 Å². The van der Waals surface area contributed by atoms with Crippen LogP contribution in [0, 0.1) is 0 Å². The van der Waals surface area contributed by atoms with Gasteiger partial charge in [-0.15, -0.1) is 24.0 Å². The van der Waals surface area contributed by atoms with Gasteiger partial charge in [0, 0.05) is 16.0 Å². The van der Waals surface area contributed by atoms with Gasteiger partial charge in [0.2, 0.25) is 0 Å². The third-order valence-corrected chi connectivity index (χ3v) is 3.59. The van der Waals surface area contributed by atoms with Gasteiger partial charge < -0.3 is 10.1 Å². The molecule has 0 unspecified atom stereocenters. The minimum atomic E-state index is -0.121. The Kier molecular flexibility index (Phi) is 4.28. The minimum Gasteiger partial charge on any atom is -0.494 e. The fourth-order valence-electron chi connectivity index (χ4n) is 1.44. The number of thiol groups is 1. The number of ether oxygens (including phenoxy) is 1. The molecule has 1 amide bonds. The highest BCUT2D eigenvalue weighted by atomic mass is 32.1. The summed E-state index contributed by atoms with van der Waals surface area (Å²) in [6.45, 7) is 2.56. The van der Waals surface area contributed by atoms with E-state index in [1.54, 1.807) is 6.07 Å². The van der Waals surface area contributed by atoms with Gasteiger partial charge in [-0.25, -0.2) is 0 Å². The first-order valence-corrected chi connectivity index (χ1v) is 6.83. The Morgan fingerprint density at radius 2 is 2.11 bits per heavy atom. The van der Waals surface area contributed by atoms with Crippen molar-refractivity contribution >= 4 is 35.6 Å². The minimum absolute atomic E-state index is 0.121. The lowest BCUT2D eigenvalue weighted by atomic mass is 10.3. The second-order valence-corrected chi connectivity index (χ2v) is 5.01. The molecule has 5 heteroatoms. The van der Waals surface area contributed by atoms with Gasteiger partial charge in [-0.05, 0) is 37.3 Å². The third-order valence-electron chi connectivity index (χ3n) is 2.23. The van der Waals surface area contributed by atoms with Gasteiger partial charge in [0.15, 0.2) is 0 Å². The molecule has 1 aromatic carbocycles. The summed E-state index contributed by atoms with van der Waals surface area (Å²) in [5, 5.41) is 4.65. The van der Waals surface area contributed by atoms with Gasteiger partial charge in [0.1, 0.15) is 5.75 Å². The highest BCUT2D eigenvalue weighted by Gasteiger charge is 2.08. The standard InChI is InChI=1S/C13H13NO2S2/c1-2-16-10-5-3-9(4-6-10)14-13(15)12-7-11(17)8-18-12/h3-8,17H,2H2,1H3,(H,14,15). The first-order valence-electron chi connectivity index (χ1n) is 5.50. The number of nitrogens with one attached hydrogen (secondary N) is 1. The van der Waals surface area contributed by atoms with Crippen LogP contribution in [0.4, 0.5) is 5.69 Å². The Hall–Kier alpha value is -1.46. The molecular formula is C13H13NO2S2. The number of carbonyl (C=O) groups is 1. The number of hydrogen-bond acceptors (Lipinski definition) is 4. The van der Waals surface area contributed by atoms with Gasteiger partial charge in [-0.3, -0.25) is 4.79 Å². The van der Waals surface area contributed by atoms with E-state index in [4.69, 9.17) is 4.74 Å². The van der Waals surface area contributed by atoms with Crippen LogP contribution in [0.15, 0.2) is 40.6 Å². The van der Waals surface area contributed by atoms with E-state index >= 15 is 0 Å². The first kappa shape index (κ1) is 13.0. The van der Waals surface area contributed by atoms with E-state index in [0.29, 0.717) is 11.5 Å². The molecule has 0 spiro atoms. The van der Waals surface area contributed by atoms with Crippen molar-refractivity contribution in [3.8, 4) is 5.75 Å². The van der Waals surface area contributed by atoms with Gasteiger partial charge in [-0.2, -0.15) is 0 Å². The molecule has 1 heterocycles. The first-order chi connectivity index (χ1) is 8.69. The van der Waals surface area contributed by atoms with Crippen LogP contribution in [0.5, 0.6) is 5.75 Å². The van der Waals surface area contributed by atoms with Crippen LogP contribution in [0.2, 0.25) is 0 Å². The van der Waals surface area contributed by atoms with Crippen molar-refractivity contribution < 1.29 is 9.53 Å². The summed E-state index contributed by atoms with van der Waals surface area (Å²) in [6.07, 6.45) is 0. The van der Waals surface area contributed by atoms with E-state index in [0.717, 1.165) is 16.3 Å². The molecule has 0 fully saturated rings. The summed E-state index contributed by atoms with van der Waals surface area (Å²) < 4.78 is 5.33. The number of anilines is 1. The van der Waals surface area contributed by atoms with Crippen LogP contribution >= 0.6 is 24.0 Å². The van der Waals surface area contributed by atoms with E-state index in [2.05, 4.69) is 17.9 Å². The molecule has 0 aliphatic heterocycles. The summed E-state index contributed by atoms with van der Waals surface area (Å²) >= 11 is 5.55. The van der Waals surface area contributed by atoms with E-state index in [1.807, 2.05) is 36.6 Å². The molecule has 0 aliphatic rings. The maximum absolute atomic E-state index is 11.9. The Labute approximate surface area is 115 Å². The van der Waals surface area contributed by atoms with Crippen molar-refractivity contribution in [2.45, 2.75) is 11.8 Å². The molecule has 1 aromatic heterocycles. The highest BCUT2D eigenvalue weighted by molar-refractivity contribution is 7.80. The van der Waals surface area contributed by atoms with Crippen LogP contribution < -0.4 is 10.1 Å². The number of hydrogen-bond donors (Lipinski definition) is 2. The second kappa shape index (κ2) is 5.93. The third kappa shape index (κ3) is 3.27. The molecule has 94 valence electrons. The van der Waals surface area contributed by atoms with Crippen molar-refractivity contribution in [2.24, 2.45) is 0 Å². The Balaban J connectivity index is 2.03. The zero-order valence-corrected chi connectivity index (χ0v) is 11.6. The normalized spacial score (nSPS) is 10.1. The van der Waals surface area contributed by atoms with Gasteiger partial charge in [0.05, 0.1) is 11.5 Å². The molecule has 0 aliphatic carbocycles. The molecule has 0 bridgehead atoms. The van der Waals surface area contributed by atoms with E-state index in [1.165, 1.54) is 11.3 Å². The molecule has 0 atom stereocenters. The number of amides is 1. The second-order valence-electron chi connectivity index (χ2n) is 3.58. The summed E-state index contributed by atoms with van der Waals surface area (Å²) in [7, 11) is 0. The largest absolute Gasteiger partial charge is 0.494 e. The van der Waals surface area contributed by atoms with E-state index in [-0.39, 0.29) is 5.91 Å². The van der Waals surface area contributed by atoms with Crippen LogP contribution in [0.1, 0.15) is 16.6 Å². The lowest BCUT2D eigenvalue weighted by molar-refractivity contribution is 0.103. The lowest BCUT2D eigenvalue weighted by Gasteiger charge is -2.06. The number of benzene rings is 1. The predicted octanol–water partition coefficient (Wildman–Crippen LogP) is 3.69. The monoisotopic (exact) mass is 279 g/mol. The van der Waals surface area contributed by atoms with Crippen molar-refractivity contribution in [1.82, 2.24) is 0 Å². The Morgan fingerprint density at radius 3 is 2.67 bits per heavy atom. The van der Waals surface area contributed by atoms with Crippen molar-refractivity contribution in [3.05, 3.63) is 40.6 Å². The van der Waals surface area contributed by atoms with Crippen molar-refractivity contribution in [2.75, 3.05) is 11.9 Å². The Bertz CT molecular complexity index is 534. The summed E-state index contributed by atoms with van der Waals surface area (Å²) in [5.74, 6) is 0.675. The van der Waals surface area contributed by atoms with Crippen molar-refractivity contribution in [3.63, 3.8) is 0 Å². The highest BCUT2D eigenvalue weighted by Crippen LogP contribution is 2.20. The molecule has 1 N–H and O–H groups in total.